The monoisotopic (exact) mass is 616 g/mol. The van der Waals surface area contributed by atoms with Crippen molar-refractivity contribution < 1.29 is 19.1 Å². The number of nitrogens with one attached hydrogen (secondary N) is 1. The van der Waals surface area contributed by atoms with Crippen molar-refractivity contribution >= 4 is 63.8 Å². The normalized spacial score (nSPS) is 18.6. The second-order valence-electron chi connectivity index (χ2n) is 9.85. The highest BCUT2D eigenvalue weighted by Gasteiger charge is 2.37. The fraction of sp³-hybridized carbons (Fsp3) is 0.393. The van der Waals surface area contributed by atoms with Crippen LogP contribution in [0.15, 0.2) is 36.5 Å². The second-order valence-corrected chi connectivity index (χ2v) is 11.6. The second kappa shape index (κ2) is 12.6. The first kappa shape index (κ1) is 29.1. The Morgan fingerprint density at radius 1 is 1.20 bits per heavy atom. The van der Waals surface area contributed by atoms with Crippen molar-refractivity contribution in [3.05, 3.63) is 57.1 Å². The van der Waals surface area contributed by atoms with Gasteiger partial charge in [-0.05, 0) is 24.8 Å². The molecule has 2 aromatic heterocycles. The maximum absolute atomic E-state index is 14.1. The van der Waals surface area contributed by atoms with Gasteiger partial charge < -0.3 is 14.8 Å². The summed E-state index contributed by atoms with van der Waals surface area (Å²) in [6.45, 7) is 3.93. The number of ketones is 1. The van der Waals surface area contributed by atoms with E-state index in [0.29, 0.717) is 35.2 Å². The average Bonchev–Trinajstić information content (AvgIpc) is 3.50. The standard InChI is InChI=1S/C28H30Cl2N6O4S/c1-4-18(37)11-16-7-5-6-8-19(16)33-27-32-13-17-14-35(25-23(29)20(39-2)12-21(40-3)24(25)30)28(38)36(26(17)34-27)15-22-31-9-10-41-22/h4,9-10,12-13,16,19H,1,5-8,11,14-15H2,2-3H3,(H,32,33,34)/t16-,19-/m1/s1. The number of thiazole rings is 1. The molecule has 216 valence electrons. The lowest BCUT2D eigenvalue weighted by atomic mass is 9.81. The minimum atomic E-state index is -0.386. The van der Waals surface area contributed by atoms with Crippen molar-refractivity contribution in [3.63, 3.8) is 0 Å². The van der Waals surface area contributed by atoms with Gasteiger partial charge in [-0.2, -0.15) is 4.98 Å². The van der Waals surface area contributed by atoms with Gasteiger partial charge in [-0.15, -0.1) is 11.3 Å². The van der Waals surface area contributed by atoms with Gasteiger partial charge in [0.05, 0.1) is 33.0 Å². The largest absolute Gasteiger partial charge is 0.495 e. The van der Waals surface area contributed by atoms with Gasteiger partial charge in [0, 0.05) is 41.9 Å². The van der Waals surface area contributed by atoms with E-state index in [-0.39, 0.29) is 52.6 Å². The van der Waals surface area contributed by atoms with E-state index >= 15 is 0 Å². The number of hydrogen-bond donors (Lipinski definition) is 1. The van der Waals surface area contributed by atoms with Crippen LogP contribution >= 0.6 is 34.5 Å². The first-order valence-corrected chi connectivity index (χ1v) is 14.8. The van der Waals surface area contributed by atoms with Crippen LogP contribution in [0.5, 0.6) is 11.5 Å². The number of hydrogen-bond acceptors (Lipinski definition) is 9. The van der Waals surface area contributed by atoms with E-state index in [9.17, 15) is 9.59 Å². The summed E-state index contributed by atoms with van der Waals surface area (Å²) in [5, 5.41) is 6.39. The Morgan fingerprint density at radius 3 is 2.59 bits per heavy atom. The minimum Gasteiger partial charge on any atom is -0.495 e. The topological polar surface area (TPSA) is 110 Å². The molecule has 1 aliphatic heterocycles. The van der Waals surface area contributed by atoms with Crippen molar-refractivity contribution in [1.29, 1.82) is 0 Å². The molecule has 3 aromatic rings. The molecule has 2 amide bonds. The van der Waals surface area contributed by atoms with Crippen molar-refractivity contribution in [2.75, 3.05) is 29.3 Å². The molecule has 0 unspecified atom stereocenters. The van der Waals surface area contributed by atoms with Crippen LogP contribution in [-0.4, -0.2) is 47.0 Å². The Kier molecular flexibility index (Phi) is 8.96. The Balaban J connectivity index is 1.52. The molecule has 5 rings (SSSR count). The highest BCUT2D eigenvalue weighted by atomic mass is 35.5. The van der Waals surface area contributed by atoms with Crippen LogP contribution in [0.2, 0.25) is 10.0 Å². The van der Waals surface area contributed by atoms with Crippen LogP contribution < -0.4 is 24.6 Å². The molecule has 13 heteroatoms. The third-order valence-corrected chi connectivity index (χ3v) is 8.89. The molecule has 0 bridgehead atoms. The summed E-state index contributed by atoms with van der Waals surface area (Å²) >= 11 is 14.8. The molecule has 1 saturated carbocycles. The number of fused-ring (bicyclic) bond motifs is 1. The molecule has 41 heavy (non-hydrogen) atoms. The summed E-state index contributed by atoms with van der Waals surface area (Å²) in [6, 6.07) is 1.23. The number of benzene rings is 1. The van der Waals surface area contributed by atoms with Gasteiger partial charge >= 0.3 is 6.03 Å². The van der Waals surface area contributed by atoms with Crippen LogP contribution in [0.25, 0.3) is 0 Å². The summed E-state index contributed by atoms with van der Waals surface area (Å²) in [5.74, 6) is 1.69. The molecule has 3 heterocycles. The van der Waals surface area contributed by atoms with Gasteiger partial charge in [0.1, 0.15) is 32.4 Å². The smallest absolute Gasteiger partial charge is 0.330 e. The zero-order valence-corrected chi connectivity index (χ0v) is 25.1. The SMILES string of the molecule is C=CC(=O)C[C@H]1CCCC[C@H]1Nc1ncc2c(n1)N(Cc1nccs1)C(=O)N(c1c(Cl)c(OC)cc(OC)c1Cl)C2. The number of anilines is 3. The van der Waals surface area contributed by atoms with E-state index in [1.165, 1.54) is 36.5 Å². The summed E-state index contributed by atoms with van der Waals surface area (Å²) in [4.78, 5) is 43.0. The number of urea groups is 1. The molecule has 0 saturated heterocycles. The number of nitrogens with zero attached hydrogens (tertiary/aromatic N) is 5. The number of allylic oxidation sites excluding steroid dienone is 1. The minimum absolute atomic E-state index is 0.0295. The Hall–Kier alpha value is -3.41. The molecule has 2 atom stereocenters. The van der Waals surface area contributed by atoms with Crippen LogP contribution in [-0.2, 0) is 17.9 Å². The van der Waals surface area contributed by atoms with E-state index < -0.39 is 0 Å². The molecule has 1 aliphatic carbocycles. The Bertz CT molecular complexity index is 1430. The number of aromatic nitrogens is 3. The maximum Gasteiger partial charge on any atom is 0.330 e. The van der Waals surface area contributed by atoms with E-state index in [1.54, 1.807) is 23.4 Å². The number of carbonyl (C=O) groups excluding carboxylic acids is 2. The molecule has 1 N–H and O–H groups in total. The van der Waals surface area contributed by atoms with Crippen LogP contribution in [0, 0.1) is 5.92 Å². The number of carbonyl (C=O) groups is 2. The number of halogens is 2. The first-order valence-electron chi connectivity index (χ1n) is 13.2. The quantitative estimate of drug-likeness (QED) is 0.256. The summed E-state index contributed by atoms with van der Waals surface area (Å²) in [6.07, 6.45) is 9.17. The highest BCUT2D eigenvalue weighted by molar-refractivity contribution is 7.09. The van der Waals surface area contributed by atoms with E-state index in [2.05, 4.69) is 21.9 Å². The van der Waals surface area contributed by atoms with Crippen LogP contribution in [0.3, 0.4) is 0 Å². The van der Waals surface area contributed by atoms with Gasteiger partial charge in [-0.25, -0.2) is 14.8 Å². The third-order valence-electron chi connectivity index (χ3n) is 7.40. The third kappa shape index (κ3) is 5.98. The molecule has 1 fully saturated rings. The van der Waals surface area contributed by atoms with Gasteiger partial charge in [-0.3, -0.25) is 14.6 Å². The zero-order valence-electron chi connectivity index (χ0n) is 22.7. The lowest BCUT2D eigenvalue weighted by Crippen LogP contribution is -2.48. The first-order chi connectivity index (χ1) is 19.8. The average molecular weight is 618 g/mol. The van der Waals surface area contributed by atoms with E-state index in [0.717, 1.165) is 30.7 Å². The molecular formula is C28H30Cl2N6O4S. The fourth-order valence-electron chi connectivity index (χ4n) is 5.33. The molecular weight excluding hydrogens is 587 g/mol. The summed E-state index contributed by atoms with van der Waals surface area (Å²) in [5.41, 5.74) is 0.964. The van der Waals surface area contributed by atoms with Gasteiger partial charge in [-0.1, -0.05) is 42.6 Å². The van der Waals surface area contributed by atoms with Crippen molar-refractivity contribution in [2.45, 2.75) is 51.2 Å². The van der Waals surface area contributed by atoms with Gasteiger partial charge in [0.15, 0.2) is 5.78 Å². The van der Waals surface area contributed by atoms with Crippen molar-refractivity contribution in [1.82, 2.24) is 15.0 Å². The molecule has 0 spiro atoms. The predicted molar refractivity (Wildman–Crippen MR) is 161 cm³/mol. The molecule has 10 nitrogen and oxygen atoms in total. The Labute approximate surface area is 252 Å². The number of amides is 2. The van der Waals surface area contributed by atoms with Crippen LogP contribution in [0.1, 0.15) is 42.7 Å². The lowest BCUT2D eigenvalue weighted by molar-refractivity contribution is -0.115. The highest BCUT2D eigenvalue weighted by Crippen LogP contribution is 2.48. The van der Waals surface area contributed by atoms with Crippen molar-refractivity contribution in [2.24, 2.45) is 5.92 Å². The number of ether oxygens (including phenoxy) is 2. The van der Waals surface area contributed by atoms with Gasteiger partial charge in [0.2, 0.25) is 5.95 Å². The van der Waals surface area contributed by atoms with Crippen molar-refractivity contribution in [3.8, 4) is 11.5 Å². The zero-order chi connectivity index (χ0) is 29.1. The maximum atomic E-state index is 14.1. The molecule has 2 aliphatic rings. The fourth-order valence-corrected chi connectivity index (χ4v) is 6.64. The number of methoxy groups -OCH3 is 2. The lowest BCUT2D eigenvalue weighted by Gasteiger charge is -2.37. The predicted octanol–water partition coefficient (Wildman–Crippen LogP) is 6.52. The number of rotatable bonds is 10. The van der Waals surface area contributed by atoms with Gasteiger partial charge in [0.25, 0.3) is 0 Å². The molecule has 1 aromatic carbocycles. The Morgan fingerprint density at radius 2 is 1.93 bits per heavy atom. The van der Waals surface area contributed by atoms with E-state index in [4.69, 9.17) is 37.7 Å². The van der Waals surface area contributed by atoms with E-state index in [1.807, 2.05) is 5.38 Å². The summed E-state index contributed by atoms with van der Waals surface area (Å²) in [7, 11) is 2.96. The molecule has 0 radical (unpaired) electrons. The summed E-state index contributed by atoms with van der Waals surface area (Å²) < 4.78 is 10.9. The van der Waals surface area contributed by atoms with Crippen LogP contribution in [0.4, 0.5) is 22.2 Å².